The van der Waals surface area contributed by atoms with E-state index in [1.54, 1.807) is 42.5 Å². The molecule has 29 heavy (non-hydrogen) atoms. The molecule has 0 aliphatic carbocycles. The summed E-state index contributed by atoms with van der Waals surface area (Å²) in [5.74, 6) is 0.953. The van der Waals surface area contributed by atoms with E-state index < -0.39 is 0 Å². The Balaban J connectivity index is 1.55. The van der Waals surface area contributed by atoms with E-state index in [0.29, 0.717) is 22.4 Å². The number of esters is 1. The van der Waals surface area contributed by atoms with Crippen molar-refractivity contribution in [1.82, 2.24) is 0 Å². The summed E-state index contributed by atoms with van der Waals surface area (Å²) < 4.78 is 10.5. The Morgan fingerprint density at radius 1 is 0.621 bits per heavy atom. The molecule has 0 aliphatic heterocycles. The van der Waals surface area contributed by atoms with Crippen LogP contribution in [0, 0.1) is 0 Å². The lowest BCUT2D eigenvalue weighted by Crippen LogP contribution is -2.02. The van der Waals surface area contributed by atoms with Gasteiger partial charge in [-0.15, -0.1) is 0 Å². The van der Waals surface area contributed by atoms with E-state index in [4.69, 9.17) is 9.47 Å². The minimum atomic E-state index is -0.384. The van der Waals surface area contributed by atoms with Crippen molar-refractivity contribution in [2.45, 2.75) is 0 Å². The first-order valence-corrected chi connectivity index (χ1v) is 9.14. The zero-order valence-electron chi connectivity index (χ0n) is 15.8. The average Bonchev–Trinajstić information content (AvgIpc) is 2.78. The molecule has 0 spiro atoms. The summed E-state index contributed by atoms with van der Waals surface area (Å²) in [6, 6.07) is 27.2. The summed E-state index contributed by atoms with van der Waals surface area (Å²) in [5, 5.41) is 1.75. The van der Waals surface area contributed by atoms with Crippen molar-refractivity contribution < 1.29 is 19.1 Å². The van der Waals surface area contributed by atoms with Gasteiger partial charge in [0.1, 0.15) is 11.5 Å². The summed E-state index contributed by atoms with van der Waals surface area (Å²) in [6.07, 6.45) is 0. The van der Waals surface area contributed by atoms with E-state index in [1.165, 1.54) is 7.11 Å². The second-order valence-corrected chi connectivity index (χ2v) is 6.54. The SMILES string of the molecule is COC(=O)c1ccc2cc(C(=O)c3ccc(Oc4ccccc4)cc3)ccc2c1. The highest BCUT2D eigenvalue weighted by atomic mass is 16.5. The van der Waals surface area contributed by atoms with Crippen LogP contribution in [0.2, 0.25) is 0 Å². The number of ketones is 1. The molecule has 4 nitrogen and oxygen atoms in total. The Morgan fingerprint density at radius 3 is 1.83 bits per heavy atom. The van der Waals surface area contributed by atoms with E-state index in [-0.39, 0.29) is 11.8 Å². The first kappa shape index (κ1) is 18.4. The van der Waals surface area contributed by atoms with Crippen LogP contribution in [-0.2, 0) is 4.74 Å². The fourth-order valence-electron chi connectivity index (χ4n) is 3.10. The monoisotopic (exact) mass is 382 g/mol. The molecule has 0 saturated heterocycles. The summed E-state index contributed by atoms with van der Waals surface area (Å²) in [5.41, 5.74) is 1.64. The van der Waals surface area contributed by atoms with Gasteiger partial charge in [0.15, 0.2) is 5.78 Å². The van der Waals surface area contributed by atoms with Crippen molar-refractivity contribution in [1.29, 1.82) is 0 Å². The molecule has 0 fully saturated rings. The number of benzene rings is 4. The molecule has 0 N–H and O–H groups in total. The molecule has 0 saturated carbocycles. The van der Waals surface area contributed by atoms with Crippen LogP contribution in [-0.4, -0.2) is 18.9 Å². The molecule has 4 heteroatoms. The maximum Gasteiger partial charge on any atom is 0.337 e. The second-order valence-electron chi connectivity index (χ2n) is 6.54. The van der Waals surface area contributed by atoms with E-state index in [1.807, 2.05) is 48.5 Å². The van der Waals surface area contributed by atoms with Crippen LogP contribution in [0.1, 0.15) is 26.3 Å². The second kappa shape index (κ2) is 7.98. The van der Waals surface area contributed by atoms with E-state index in [0.717, 1.165) is 16.5 Å². The van der Waals surface area contributed by atoms with Gasteiger partial charge in [-0.3, -0.25) is 4.79 Å². The standard InChI is InChI=1S/C25H18O4/c1-28-25(27)21-10-8-18-15-20(9-7-19(18)16-21)24(26)17-11-13-23(14-12-17)29-22-5-3-2-4-6-22/h2-16H,1H3. The summed E-state index contributed by atoms with van der Waals surface area (Å²) in [6.45, 7) is 0. The number of carbonyl (C=O) groups is 2. The minimum absolute atomic E-state index is 0.0739. The maximum atomic E-state index is 12.9. The molecular formula is C25H18O4. The third-order valence-electron chi connectivity index (χ3n) is 4.62. The molecule has 4 rings (SSSR count). The summed E-state index contributed by atoms with van der Waals surface area (Å²) >= 11 is 0. The van der Waals surface area contributed by atoms with E-state index in [9.17, 15) is 9.59 Å². The Bertz CT molecular complexity index is 1180. The van der Waals surface area contributed by atoms with Gasteiger partial charge in [-0.1, -0.05) is 36.4 Å². The van der Waals surface area contributed by atoms with Crippen molar-refractivity contribution in [3.63, 3.8) is 0 Å². The van der Waals surface area contributed by atoms with Crippen LogP contribution < -0.4 is 4.74 Å². The highest BCUT2D eigenvalue weighted by Crippen LogP contribution is 2.24. The third kappa shape index (κ3) is 4.01. The van der Waals surface area contributed by atoms with Crippen molar-refractivity contribution in [2.75, 3.05) is 7.11 Å². The first-order valence-electron chi connectivity index (χ1n) is 9.14. The van der Waals surface area contributed by atoms with Gasteiger partial charge in [0.05, 0.1) is 12.7 Å². The van der Waals surface area contributed by atoms with Crippen LogP contribution in [0.3, 0.4) is 0 Å². The smallest absolute Gasteiger partial charge is 0.337 e. The molecule has 0 heterocycles. The molecule has 0 aromatic heterocycles. The molecule has 0 aliphatic rings. The number of rotatable bonds is 5. The van der Waals surface area contributed by atoms with Crippen molar-refractivity contribution in [3.05, 3.63) is 108 Å². The molecule has 0 atom stereocenters. The number of methoxy groups -OCH3 is 1. The summed E-state index contributed by atoms with van der Waals surface area (Å²) in [7, 11) is 1.35. The van der Waals surface area contributed by atoms with E-state index >= 15 is 0 Å². The fraction of sp³-hybridized carbons (Fsp3) is 0.0400. The number of fused-ring (bicyclic) bond motifs is 1. The lowest BCUT2D eigenvalue weighted by atomic mass is 9.99. The number of ether oxygens (including phenoxy) is 2. The van der Waals surface area contributed by atoms with Gasteiger partial charge in [-0.25, -0.2) is 4.79 Å². The summed E-state index contributed by atoms with van der Waals surface area (Å²) in [4.78, 5) is 24.5. The maximum absolute atomic E-state index is 12.9. The Morgan fingerprint density at radius 2 is 1.17 bits per heavy atom. The van der Waals surface area contributed by atoms with Crippen LogP contribution in [0.25, 0.3) is 10.8 Å². The van der Waals surface area contributed by atoms with Gasteiger partial charge in [0.2, 0.25) is 0 Å². The van der Waals surface area contributed by atoms with Gasteiger partial charge in [0, 0.05) is 11.1 Å². The van der Waals surface area contributed by atoms with E-state index in [2.05, 4.69) is 0 Å². The van der Waals surface area contributed by atoms with Gasteiger partial charge in [-0.05, 0) is 65.4 Å². The van der Waals surface area contributed by atoms with Gasteiger partial charge in [-0.2, -0.15) is 0 Å². The molecule has 142 valence electrons. The highest BCUT2D eigenvalue weighted by Gasteiger charge is 2.12. The van der Waals surface area contributed by atoms with Gasteiger partial charge in [0.25, 0.3) is 0 Å². The molecule has 4 aromatic carbocycles. The normalized spacial score (nSPS) is 10.5. The Labute approximate surface area is 168 Å². The first-order chi connectivity index (χ1) is 14.1. The minimum Gasteiger partial charge on any atom is -0.465 e. The lowest BCUT2D eigenvalue weighted by molar-refractivity contribution is 0.0600. The number of hydrogen-bond donors (Lipinski definition) is 0. The van der Waals surface area contributed by atoms with Crippen molar-refractivity contribution in [2.24, 2.45) is 0 Å². The number of carbonyl (C=O) groups excluding carboxylic acids is 2. The van der Waals surface area contributed by atoms with Crippen molar-refractivity contribution >= 4 is 22.5 Å². The number of hydrogen-bond acceptors (Lipinski definition) is 4. The zero-order chi connectivity index (χ0) is 20.2. The molecular weight excluding hydrogens is 364 g/mol. The van der Waals surface area contributed by atoms with Crippen LogP contribution in [0.5, 0.6) is 11.5 Å². The van der Waals surface area contributed by atoms with Gasteiger partial charge >= 0.3 is 5.97 Å². The molecule has 0 radical (unpaired) electrons. The van der Waals surface area contributed by atoms with Crippen LogP contribution in [0.15, 0.2) is 91.0 Å². The van der Waals surface area contributed by atoms with Crippen LogP contribution in [0.4, 0.5) is 0 Å². The van der Waals surface area contributed by atoms with Crippen LogP contribution >= 0.6 is 0 Å². The molecule has 4 aromatic rings. The lowest BCUT2D eigenvalue weighted by Gasteiger charge is -2.07. The van der Waals surface area contributed by atoms with Crippen molar-refractivity contribution in [3.8, 4) is 11.5 Å². The molecule has 0 bridgehead atoms. The third-order valence-corrected chi connectivity index (χ3v) is 4.62. The molecule has 0 amide bonds. The predicted molar refractivity (Wildman–Crippen MR) is 112 cm³/mol. The molecule has 0 unspecified atom stereocenters. The zero-order valence-corrected chi connectivity index (χ0v) is 15.8. The van der Waals surface area contributed by atoms with Gasteiger partial charge < -0.3 is 9.47 Å². The quantitative estimate of drug-likeness (QED) is 0.331. The fourth-order valence-corrected chi connectivity index (χ4v) is 3.10. The predicted octanol–water partition coefficient (Wildman–Crippen LogP) is 5.65. The Hall–Kier alpha value is -3.92. The Kier molecular flexibility index (Phi) is 5.08. The average molecular weight is 382 g/mol. The largest absolute Gasteiger partial charge is 0.465 e. The highest BCUT2D eigenvalue weighted by molar-refractivity contribution is 6.11. The number of para-hydroxylation sites is 1. The topological polar surface area (TPSA) is 52.6 Å².